The lowest BCUT2D eigenvalue weighted by molar-refractivity contribution is 0.0649. The second-order valence-corrected chi connectivity index (χ2v) is 6.26. The van der Waals surface area contributed by atoms with E-state index < -0.39 is 0 Å². The average Bonchev–Trinajstić information content (AvgIpc) is 2.76. The second-order valence-electron chi connectivity index (χ2n) is 3.99. The molecule has 1 aromatic heterocycles. The van der Waals surface area contributed by atoms with E-state index in [1.54, 1.807) is 0 Å². The standard InChI is InChI=1S/C11H15BrN2OS2/c12-9-7-10(17-8-9)11(15)14-3-1-13(2-4-14)5-6-16/h7-8,16H,1-6H2. The van der Waals surface area contributed by atoms with Crippen LogP contribution in [0.25, 0.3) is 0 Å². The molecule has 0 atom stereocenters. The van der Waals surface area contributed by atoms with Gasteiger partial charge in [-0.2, -0.15) is 12.6 Å². The van der Waals surface area contributed by atoms with Gasteiger partial charge in [-0.05, 0) is 22.0 Å². The molecule has 1 aliphatic heterocycles. The fourth-order valence-electron chi connectivity index (χ4n) is 1.90. The highest BCUT2D eigenvalue weighted by atomic mass is 79.9. The predicted octanol–water partition coefficient (Wildman–Crippen LogP) is 2.20. The van der Waals surface area contributed by atoms with Gasteiger partial charge in [-0.15, -0.1) is 11.3 Å². The number of thiol groups is 1. The van der Waals surface area contributed by atoms with Gasteiger partial charge in [-0.3, -0.25) is 9.69 Å². The summed E-state index contributed by atoms with van der Waals surface area (Å²) in [7, 11) is 0. The van der Waals surface area contributed by atoms with Crippen LogP contribution in [0.5, 0.6) is 0 Å². The maximum absolute atomic E-state index is 12.2. The Morgan fingerprint density at radius 1 is 1.41 bits per heavy atom. The third-order valence-corrected chi connectivity index (χ3v) is 4.73. The van der Waals surface area contributed by atoms with E-state index in [4.69, 9.17) is 0 Å². The quantitative estimate of drug-likeness (QED) is 0.856. The van der Waals surface area contributed by atoms with Gasteiger partial charge in [0.05, 0.1) is 4.88 Å². The van der Waals surface area contributed by atoms with E-state index in [-0.39, 0.29) is 5.91 Å². The molecular formula is C11H15BrN2OS2. The van der Waals surface area contributed by atoms with E-state index >= 15 is 0 Å². The number of rotatable bonds is 3. The molecule has 2 rings (SSSR count). The summed E-state index contributed by atoms with van der Waals surface area (Å²) in [6.45, 7) is 4.57. The molecular weight excluding hydrogens is 320 g/mol. The fraction of sp³-hybridized carbons (Fsp3) is 0.545. The van der Waals surface area contributed by atoms with Gasteiger partial charge in [0, 0.05) is 48.3 Å². The monoisotopic (exact) mass is 334 g/mol. The SMILES string of the molecule is O=C(c1cc(Br)cs1)N1CCN(CCS)CC1. The van der Waals surface area contributed by atoms with E-state index in [0.717, 1.165) is 47.8 Å². The predicted molar refractivity (Wildman–Crippen MR) is 78.2 cm³/mol. The van der Waals surface area contributed by atoms with Crippen LogP contribution in [-0.4, -0.2) is 54.2 Å². The Morgan fingerprint density at radius 2 is 2.12 bits per heavy atom. The van der Waals surface area contributed by atoms with Crippen molar-refractivity contribution < 1.29 is 4.79 Å². The van der Waals surface area contributed by atoms with Gasteiger partial charge in [0.1, 0.15) is 0 Å². The molecule has 1 aliphatic rings. The topological polar surface area (TPSA) is 23.6 Å². The van der Waals surface area contributed by atoms with Crippen molar-refractivity contribution in [2.75, 3.05) is 38.5 Å². The summed E-state index contributed by atoms with van der Waals surface area (Å²) in [5.74, 6) is 1.04. The molecule has 17 heavy (non-hydrogen) atoms. The minimum absolute atomic E-state index is 0.159. The molecule has 0 aromatic carbocycles. The molecule has 2 heterocycles. The number of hydrogen-bond donors (Lipinski definition) is 1. The Morgan fingerprint density at radius 3 is 2.65 bits per heavy atom. The fourth-order valence-corrected chi connectivity index (χ4v) is 3.57. The van der Waals surface area contributed by atoms with E-state index in [1.807, 2.05) is 16.3 Å². The molecule has 0 aliphatic carbocycles. The van der Waals surface area contributed by atoms with Crippen molar-refractivity contribution in [1.82, 2.24) is 9.80 Å². The average molecular weight is 335 g/mol. The summed E-state index contributed by atoms with van der Waals surface area (Å²) in [6.07, 6.45) is 0. The van der Waals surface area contributed by atoms with Crippen molar-refractivity contribution in [3.05, 3.63) is 20.8 Å². The number of carbonyl (C=O) groups is 1. The molecule has 1 aromatic rings. The Kier molecular flexibility index (Phi) is 4.90. The van der Waals surface area contributed by atoms with Gasteiger partial charge in [0.2, 0.25) is 0 Å². The summed E-state index contributed by atoms with van der Waals surface area (Å²) in [5, 5.41) is 1.95. The van der Waals surface area contributed by atoms with Crippen LogP contribution in [0.15, 0.2) is 15.9 Å². The first-order valence-corrected chi connectivity index (χ1v) is 7.88. The van der Waals surface area contributed by atoms with Crippen LogP contribution in [0, 0.1) is 0 Å². The summed E-state index contributed by atoms with van der Waals surface area (Å²) in [6, 6.07) is 1.90. The number of carbonyl (C=O) groups excluding carboxylic acids is 1. The largest absolute Gasteiger partial charge is 0.335 e. The molecule has 0 radical (unpaired) electrons. The maximum Gasteiger partial charge on any atom is 0.264 e. The van der Waals surface area contributed by atoms with Crippen molar-refractivity contribution >= 4 is 45.8 Å². The number of halogens is 1. The third-order valence-electron chi connectivity index (χ3n) is 2.85. The molecule has 6 heteroatoms. The maximum atomic E-state index is 12.2. The molecule has 0 unspecified atom stereocenters. The Labute approximate surface area is 119 Å². The van der Waals surface area contributed by atoms with E-state index in [1.165, 1.54) is 11.3 Å². The van der Waals surface area contributed by atoms with Crippen LogP contribution in [0.1, 0.15) is 9.67 Å². The molecule has 0 spiro atoms. The molecule has 1 fully saturated rings. The number of piperazine rings is 1. The molecule has 94 valence electrons. The summed E-state index contributed by atoms with van der Waals surface area (Å²) >= 11 is 9.10. The van der Waals surface area contributed by atoms with E-state index in [9.17, 15) is 4.79 Å². The smallest absolute Gasteiger partial charge is 0.264 e. The number of nitrogens with zero attached hydrogens (tertiary/aromatic N) is 2. The molecule has 0 N–H and O–H groups in total. The van der Waals surface area contributed by atoms with Gasteiger partial charge < -0.3 is 4.90 Å². The van der Waals surface area contributed by atoms with Crippen LogP contribution < -0.4 is 0 Å². The Bertz CT molecular complexity index is 389. The minimum atomic E-state index is 0.159. The first-order chi connectivity index (χ1) is 8.20. The molecule has 1 amide bonds. The third kappa shape index (κ3) is 3.47. The summed E-state index contributed by atoms with van der Waals surface area (Å²) in [4.78, 5) is 17.3. The summed E-state index contributed by atoms with van der Waals surface area (Å²) in [5.41, 5.74) is 0. The van der Waals surface area contributed by atoms with Crippen LogP contribution in [0.3, 0.4) is 0 Å². The zero-order valence-electron chi connectivity index (χ0n) is 9.43. The molecule has 0 saturated carbocycles. The lowest BCUT2D eigenvalue weighted by atomic mass is 10.3. The van der Waals surface area contributed by atoms with Crippen LogP contribution >= 0.6 is 39.9 Å². The molecule has 3 nitrogen and oxygen atoms in total. The van der Waals surface area contributed by atoms with Gasteiger partial charge in [0.15, 0.2) is 0 Å². The highest BCUT2D eigenvalue weighted by Gasteiger charge is 2.22. The minimum Gasteiger partial charge on any atom is -0.335 e. The van der Waals surface area contributed by atoms with Gasteiger partial charge in [-0.1, -0.05) is 0 Å². The van der Waals surface area contributed by atoms with Crippen LogP contribution in [0.2, 0.25) is 0 Å². The van der Waals surface area contributed by atoms with Crippen molar-refractivity contribution in [2.24, 2.45) is 0 Å². The summed E-state index contributed by atoms with van der Waals surface area (Å²) < 4.78 is 0.986. The van der Waals surface area contributed by atoms with Gasteiger partial charge >= 0.3 is 0 Å². The molecule has 1 saturated heterocycles. The number of thiophene rings is 1. The van der Waals surface area contributed by atoms with Crippen molar-refractivity contribution in [2.45, 2.75) is 0 Å². The second kappa shape index (κ2) is 6.22. The number of hydrogen-bond acceptors (Lipinski definition) is 4. The lowest BCUT2D eigenvalue weighted by Crippen LogP contribution is -2.48. The first-order valence-electron chi connectivity index (χ1n) is 5.57. The lowest BCUT2D eigenvalue weighted by Gasteiger charge is -2.34. The van der Waals surface area contributed by atoms with Gasteiger partial charge in [-0.25, -0.2) is 0 Å². The first kappa shape index (κ1) is 13.4. The van der Waals surface area contributed by atoms with Crippen molar-refractivity contribution in [1.29, 1.82) is 0 Å². The highest BCUT2D eigenvalue weighted by Crippen LogP contribution is 2.21. The number of amides is 1. The van der Waals surface area contributed by atoms with E-state index in [0.29, 0.717) is 0 Å². The van der Waals surface area contributed by atoms with Crippen molar-refractivity contribution in [3.63, 3.8) is 0 Å². The normalized spacial score (nSPS) is 17.4. The van der Waals surface area contributed by atoms with Crippen molar-refractivity contribution in [3.8, 4) is 0 Å². The highest BCUT2D eigenvalue weighted by molar-refractivity contribution is 9.10. The zero-order valence-corrected chi connectivity index (χ0v) is 12.7. The van der Waals surface area contributed by atoms with Crippen LogP contribution in [0.4, 0.5) is 0 Å². The molecule has 0 bridgehead atoms. The van der Waals surface area contributed by atoms with Gasteiger partial charge in [0.25, 0.3) is 5.91 Å². The Hall–Kier alpha value is -0.0400. The Balaban J connectivity index is 1.90. The van der Waals surface area contributed by atoms with Crippen LogP contribution in [-0.2, 0) is 0 Å². The zero-order chi connectivity index (χ0) is 12.3. The van der Waals surface area contributed by atoms with E-state index in [2.05, 4.69) is 33.5 Å².